The van der Waals surface area contributed by atoms with Crippen LogP contribution >= 0.6 is 12.2 Å². The molecule has 0 aliphatic carbocycles. The Labute approximate surface area is 133 Å². The Morgan fingerprint density at radius 2 is 1.82 bits per heavy atom. The van der Waals surface area contributed by atoms with Crippen LogP contribution in [0.3, 0.4) is 0 Å². The summed E-state index contributed by atoms with van der Waals surface area (Å²) in [5.41, 5.74) is 4.86. The molecule has 0 aliphatic rings. The Morgan fingerprint density at radius 1 is 1.14 bits per heavy atom. The number of carbonyl (C=O) groups is 1. The molecular formula is C16H15N3O2S. The van der Waals surface area contributed by atoms with Gasteiger partial charge < -0.3 is 10.4 Å². The molecule has 0 aliphatic heterocycles. The number of thiocarbonyl (C=S) groups is 1. The van der Waals surface area contributed by atoms with Crippen LogP contribution in [0.1, 0.15) is 21.5 Å². The molecule has 0 spiro atoms. The van der Waals surface area contributed by atoms with Gasteiger partial charge in [-0.15, -0.1) is 0 Å². The van der Waals surface area contributed by atoms with Gasteiger partial charge in [0.05, 0.1) is 11.8 Å². The van der Waals surface area contributed by atoms with Crippen molar-refractivity contribution in [3.8, 4) is 0 Å². The third-order valence-electron chi connectivity index (χ3n) is 2.83. The fraction of sp³-hybridized carbons (Fsp3) is 0.0625. The second-order valence-electron chi connectivity index (χ2n) is 4.47. The van der Waals surface area contributed by atoms with Gasteiger partial charge in [-0.2, -0.15) is 5.10 Å². The van der Waals surface area contributed by atoms with Crippen molar-refractivity contribution in [2.24, 2.45) is 5.10 Å². The van der Waals surface area contributed by atoms with Crippen molar-refractivity contribution in [2.45, 2.75) is 6.54 Å². The van der Waals surface area contributed by atoms with Gasteiger partial charge in [0.25, 0.3) is 0 Å². The molecule has 0 radical (unpaired) electrons. The molecular weight excluding hydrogens is 298 g/mol. The van der Waals surface area contributed by atoms with Crippen molar-refractivity contribution in [1.82, 2.24) is 10.7 Å². The highest BCUT2D eigenvalue weighted by Crippen LogP contribution is 2.02. The van der Waals surface area contributed by atoms with E-state index in [1.807, 2.05) is 30.3 Å². The standard InChI is InChI=1S/C16H15N3O2S/c20-15(21)14-8-6-13(7-9-14)11-18-19-16(22)17-10-12-4-2-1-3-5-12/h1-9,11H,10H2,(H,20,21)(H2,17,19,22). The summed E-state index contributed by atoms with van der Waals surface area (Å²) in [7, 11) is 0. The molecule has 3 N–H and O–H groups in total. The normalized spacial score (nSPS) is 10.4. The van der Waals surface area contributed by atoms with Crippen molar-refractivity contribution in [2.75, 3.05) is 0 Å². The van der Waals surface area contributed by atoms with Crippen LogP contribution in [0.25, 0.3) is 0 Å². The summed E-state index contributed by atoms with van der Waals surface area (Å²) in [6.07, 6.45) is 1.57. The first-order valence-electron chi connectivity index (χ1n) is 6.59. The number of carboxylic acid groups (broad SMARTS) is 1. The van der Waals surface area contributed by atoms with Gasteiger partial charge >= 0.3 is 5.97 Å². The molecule has 0 saturated heterocycles. The van der Waals surface area contributed by atoms with Crippen LogP contribution in [-0.4, -0.2) is 22.4 Å². The Hall–Kier alpha value is -2.73. The van der Waals surface area contributed by atoms with E-state index in [-0.39, 0.29) is 5.56 Å². The van der Waals surface area contributed by atoms with E-state index in [1.165, 1.54) is 12.1 Å². The molecule has 6 heteroatoms. The van der Waals surface area contributed by atoms with Crippen LogP contribution < -0.4 is 10.7 Å². The fourth-order valence-electron chi connectivity index (χ4n) is 1.69. The first-order valence-corrected chi connectivity index (χ1v) is 7.00. The molecule has 2 aromatic carbocycles. The molecule has 0 heterocycles. The average Bonchev–Trinajstić information content (AvgIpc) is 2.54. The Morgan fingerprint density at radius 3 is 2.45 bits per heavy atom. The highest BCUT2D eigenvalue weighted by Gasteiger charge is 2.00. The molecule has 0 unspecified atom stereocenters. The quantitative estimate of drug-likeness (QED) is 0.449. The Kier molecular flexibility index (Phi) is 5.62. The Bertz CT molecular complexity index is 670. The van der Waals surface area contributed by atoms with E-state index in [0.717, 1.165) is 11.1 Å². The van der Waals surface area contributed by atoms with E-state index in [0.29, 0.717) is 11.7 Å². The molecule has 112 valence electrons. The van der Waals surface area contributed by atoms with E-state index in [9.17, 15) is 4.79 Å². The molecule has 0 atom stereocenters. The molecule has 0 amide bonds. The van der Waals surface area contributed by atoms with Gasteiger partial charge in [0, 0.05) is 6.54 Å². The van der Waals surface area contributed by atoms with Crippen LogP contribution in [0.4, 0.5) is 0 Å². The lowest BCUT2D eigenvalue weighted by Crippen LogP contribution is -2.31. The maximum Gasteiger partial charge on any atom is 0.335 e. The Balaban J connectivity index is 1.79. The molecule has 2 aromatic rings. The van der Waals surface area contributed by atoms with Gasteiger partial charge in [-0.25, -0.2) is 4.79 Å². The number of hydrogen-bond donors (Lipinski definition) is 3. The lowest BCUT2D eigenvalue weighted by atomic mass is 10.1. The number of hydrogen-bond acceptors (Lipinski definition) is 3. The number of rotatable bonds is 5. The average molecular weight is 313 g/mol. The summed E-state index contributed by atoms with van der Waals surface area (Å²) in [6.45, 7) is 0.621. The third kappa shape index (κ3) is 4.99. The minimum absolute atomic E-state index is 0.241. The molecule has 5 nitrogen and oxygen atoms in total. The maximum absolute atomic E-state index is 10.7. The van der Waals surface area contributed by atoms with Crippen LogP contribution in [0.15, 0.2) is 59.7 Å². The van der Waals surface area contributed by atoms with Crippen molar-refractivity contribution in [1.29, 1.82) is 0 Å². The van der Waals surface area contributed by atoms with Gasteiger partial charge in [0.15, 0.2) is 5.11 Å². The second-order valence-corrected chi connectivity index (χ2v) is 4.87. The third-order valence-corrected chi connectivity index (χ3v) is 3.07. The second kappa shape index (κ2) is 7.90. The summed E-state index contributed by atoms with van der Waals surface area (Å²) in [4.78, 5) is 10.7. The van der Waals surface area contributed by atoms with E-state index < -0.39 is 5.97 Å². The first-order chi connectivity index (χ1) is 10.6. The van der Waals surface area contributed by atoms with Gasteiger partial charge in [-0.3, -0.25) is 5.43 Å². The molecule has 0 bridgehead atoms. The number of nitrogens with one attached hydrogen (secondary N) is 2. The van der Waals surface area contributed by atoms with Crippen molar-refractivity contribution in [3.63, 3.8) is 0 Å². The summed E-state index contributed by atoms with van der Waals surface area (Å²) in [5.74, 6) is -0.951. The van der Waals surface area contributed by atoms with Crippen LogP contribution in [0.5, 0.6) is 0 Å². The van der Waals surface area contributed by atoms with Gasteiger partial charge in [0.2, 0.25) is 0 Å². The highest BCUT2D eigenvalue weighted by molar-refractivity contribution is 7.80. The van der Waals surface area contributed by atoms with Crippen molar-refractivity contribution < 1.29 is 9.90 Å². The minimum atomic E-state index is -0.951. The summed E-state index contributed by atoms with van der Waals surface area (Å²) in [5, 5.41) is 16.3. The summed E-state index contributed by atoms with van der Waals surface area (Å²) < 4.78 is 0. The number of hydrazone groups is 1. The summed E-state index contributed by atoms with van der Waals surface area (Å²) >= 11 is 5.11. The lowest BCUT2D eigenvalue weighted by Gasteiger charge is -2.06. The van der Waals surface area contributed by atoms with Crippen molar-refractivity contribution >= 4 is 29.5 Å². The van der Waals surface area contributed by atoms with Gasteiger partial charge in [-0.05, 0) is 35.5 Å². The van der Waals surface area contributed by atoms with E-state index in [1.54, 1.807) is 18.3 Å². The van der Waals surface area contributed by atoms with Crippen LogP contribution in [0, 0.1) is 0 Å². The minimum Gasteiger partial charge on any atom is -0.478 e. The SMILES string of the molecule is O=C(O)c1ccc(C=NNC(=S)NCc2ccccc2)cc1. The molecule has 0 aromatic heterocycles. The predicted molar refractivity (Wildman–Crippen MR) is 90.0 cm³/mol. The van der Waals surface area contributed by atoms with E-state index in [2.05, 4.69) is 15.8 Å². The summed E-state index contributed by atoms with van der Waals surface area (Å²) in [6, 6.07) is 16.3. The van der Waals surface area contributed by atoms with Crippen LogP contribution in [-0.2, 0) is 6.54 Å². The zero-order chi connectivity index (χ0) is 15.8. The largest absolute Gasteiger partial charge is 0.478 e. The zero-order valence-corrected chi connectivity index (χ0v) is 12.5. The predicted octanol–water partition coefficient (Wildman–Crippen LogP) is 2.38. The highest BCUT2D eigenvalue weighted by atomic mass is 32.1. The fourth-order valence-corrected chi connectivity index (χ4v) is 1.82. The zero-order valence-electron chi connectivity index (χ0n) is 11.7. The lowest BCUT2D eigenvalue weighted by molar-refractivity contribution is 0.0697. The number of carboxylic acids is 1. The number of nitrogens with zero attached hydrogens (tertiary/aromatic N) is 1. The maximum atomic E-state index is 10.7. The van der Waals surface area contributed by atoms with Crippen LogP contribution in [0.2, 0.25) is 0 Å². The topological polar surface area (TPSA) is 73.7 Å². The molecule has 22 heavy (non-hydrogen) atoms. The monoisotopic (exact) mass is 313 g/mol. The van der Waals surface area contributed by atoms with Gasteiger partial charge in [-0.1, -0.05) is 42.5 Å². The molecule has 0 fully saturated rings. The first kappa shape index (κ1) is 15.7. The van der Waals surface area contributed by atoms with E-state index in [4.69, 9.17) is 17.3 Å². The number of aromatic carboxylic acids is 1. The molecule has 2 rings (SSSR count). The number of benzene rings is 2. The van der Waals surface area contributed by atoms with Crippen molar-refractivity contribution in [3.05, 3.63) is 71.3 Å². The van der Waals surface area contributed by atoms with Gasteiger partial charge in [0.1, 0.15) is 0 Å². The van der Waals surface area contributed by atoms with E-state index >= 15 is 0 Å². The smallest absolute Gasteiger partial charge is 0.335 e. The molecule has 0 saturated carbocycles.